The molecular weight excluding hydrogens is 407 g/mol. The molecule has 0 aliphatic heterocycles. The van der Waals surface area contributed by atoms with Crippen molar-refractivity contribution in [3.63, 3.8) is 0 Å². The SMILES string of the molecule is [C-]#[N+]/C=C/c1cc(F)c(-n2nnc3cnc(Nc4ccc(C#N)cc4)nc32)c(Cl)c1. The molecule has 0 aliphatic carbocycles. The number of fused-ring (bicyclic) bond motifs is 1. The van der Waals surface area contributed by atoms with E-state index in [0.717, 1.165) is 0 Å². The average Bonchev–Trinajstić information content (AvgIpc) is 3.15. The molecule has 0 unspecified atom stereocenters. The van der Waals surface area contributed by atoms with Crippen molar-refractivity contribution < 1.29 is 4.39 Å². The zero-order valence-electron chi connectivity index (χ0n) is 15.1. The number of aromatic nitrogens is 5. The lowest BCUT2D eigenvalue weighted by Crippen LogP contribution is -2.04. The van der Waals surface area contributed by atoms with Crippen LogP contribution in [0.25, 0.3) is 27.8 Å². The van der Waals surface area contributed by atoms with Gasteiger partial charge in [-0.15, -0.1) is 5.10 Å². The van der Waals surface area contributed by atoms with Crippen molar-refractivity contribution in [1.29, 1.82) is 5.26 Å². The zero-order valence-corrected chi connectivity index (χ0v) is 15.8. The number of nitriles is 1. The highest BCUT2D eigenvalue weighted by molar-refractivity contribution is 6.32. The third kappa shape index (κ3) is 3.65. The molecule has 2 aromatic carbocycles. The number of hydrogen-bond donors (Lipinski definition) is 1. The topological polar surface area (TPSA) is 96.7 Å². The molecule has 4 aromatic rings. The van der Waals surface area contributed by atoms with Crippen molar-refractivity contribution in [2.75, 3.05) is 5.32 Å². The summed E-state index contributed by atoms with van der Waals surface area (Å²) in [7, 11) is 0. The third-order valence-corrected chi connectivity index (χ3v) is 4.34. The standard InChI is InChI=1S/C20H10ClFN8/c1-24-7-6-13-8-15(21)18(16(22)9-13)30-19-17(28-29-30)11-25-20(27-19)26-14-4-2-12(10-23)3-5-14/h2-9,11H,(H,25,26,27)/b7-6+. The van der Waals surface area contributed by atoms with E-state index in [1.54, 1.807) is 24.3 Å². The van der Waals surface area contributed by atoms with Crippen LogP contribution in [0.1, 0.15) is 11.1 Å². The van der Waals surface area contributed by atoms with Gasteiger partial charge in [0.15, 0.2) is 23.2 Å². The van der Waals surface area contributed by atoms with Crippen molar-refractivity contribution in [2.45, 2.75) is 0 Å². The smallest absolute Gasteiger partial charge is 0.229 e. The molecule has 2 aromatic heterocycles. The Bertz CT molecular complexity index is 1340. The molecule has 10 heteroatoms. The molecule has 4 rings (SSSR count). The summed E-state index contributed by atoms with van der Waals surface area (Å²) >= 11 is 6.28. The zero-order chi connectivity index (χ0) is 21.1. The van der Waals surface area contributed by atoms with Crippen LogP contribution >= 0.6 is 11.6 Å². The van der Waals surface area contributed by atoms with Gasteiger partial charge >= 0.3 is 0 Å². The predicted molar refractivity (Wildman–Crippen MR) is 109 cm³/mol. The molecule has 0 fully saturated rings. The Morgan fingerprint density at radius 3 is 2.77 bits per heavy atom. The van der Waals surface area contributed by atoms with Gasteiger partial charge in [-0.1, -0.05) is 22.9 Å². The lowest BCUT2D eigenvalue weighted by molar-refractivity contribution is 0.609. The van der Waals surface area contributed by atoms with Gasteiger partial charge in [0, 0.05) is 5.69 Å². The summed E-state index contributed by atoms with van der Waals surface area (Å²) in [6, 6.07) is 11.6. The lowest BCUT2D eigenvalue weighted by atomic mass is 10.2. The first-order chi connectivity index (χ1) is 14.6. The number of rotatable bonds is 4. The van der Waals surface area contributed by atoms with Crippen LogP contribution in [0.2, 0.25) is 5.02 Å². The van der Waals surface area contributed by atoms with Crippen LogP contribution in [0.3, 0.4) is 0 Å². The minimum Gasteiger partial charge on any atom is -0.324 e. The van der Waals surface area contributed by atoms with Crippen LogP contribution < -0.4 is 5.32 Å². The first kappa shape index (κ1) is 19.0. The maximum absolute atomic E-state index is 14.8. The van der Waals surface area contributed by atoms with E-state index < -0.39 is 5.82 Å². The van der Waals surface area contributed by atoms with Gasteiger partial charge in [-0.2, -0.15) is 14.9 Å². The number of hydrogen-bond acceptors (Lipinski definition) is 6. The van der Waals surface area contributed by atoms with Gasteiger partial charge in [0.25, 0.3) is 0 Å². The Labute approximate surface area is 174 Å². The number of halogens is 2. The van der Waals surface area contributed by atoms with Crippen LogP contribution in [0.15, 0.2) is 48.8 Å². The summed E-state index contributed by atoms with van der Waals surface area (Å²) in [6.07, 6.45) is 4.12. The lowest BCUT2D eigenvalue weighted by Gasteiger charge is -2.08. The highest BCUT2D eigenvalue weighted by atomic mass is 35.5. The van der Waals surface area contributed by atoms with Crippen molar-refractivity contribution >= 4 is 40.5 Å². The molecule has 0 atom stereocenters. The van der Waals surface area contributed by atoms with Crippen LogP contribution in [-0.2, 0) is 0 Å². The van der Waals surface area contributed by atoms with Crippen LogP contribution in [0.4, 0.5) is 16.0 Å². The van der Waals surface area contributed by atoms with Crippen molar-refractivity contribution in [3.8, 4) is 11.8 Å². The summed E-state index contributed by atoms with van der Waals surface area (Å²) in [5, 5.41) is 19.9. The molecule has 2 heterocycles. The highest BCUT2D eigenvalue weighted by Gasteiger charge is 2.17. The number of benzene rings is 2. The normalized spacial score (nSPS) is 10.8. The van der Waals surface area contributed by atoms with E-state index in [1.807, 2.05) is 6.07 Å². The van der Waals surface area contributed by atoms with Gasteiger partial charge < -0.3 is 5.32 Å². The quantitative estimate of drug-likeness (QED) is 0.492. The molecule has 144 valence electrons. The second-order valence-electron chi connectivity index (χ2n) is 6.00. The van der Waals surface area contributed by atoms with Crippen LogP contribution in [0, 0.1) is 23.7 Å². The number of nitrogens with one attached hydrogen (secondary N) is 1. The van der Waals surface area contributed by atoms with Gasteiger partial charge in [-0.3, -0.25) is 0 Å². The van der Waals surface area contributed by atoms with E-state index in [0.29, 0.717) is 22.3 Å². The molecule has 0 radical (unpaired) electrons. The molecule has 1 N–H and O–H groups in total. The van der Waals surface area contributed by atoms with E-state index in [-0.39, 0.29) is 22.3 Å². The minimum absolute atomic E-state index is 0.0119. The molecule has 0 spiro atoms. The largest absolute Gasteiger partial charge is 0.324 e. The van der Waals surface area contributed by atoms with Gasteiger partial charge in [-0.25, -0.2) is 14.2 Å². The minimum atomic E-state index is -0.640. The summed E-state index contributed by atoms with van der Waals surface area (Å²) in [5.74, 6) is -0.400. The molecule has 0 saturated heterocycles. The fourth-order valence-corrected chi connectivity index (χ4v) is 3.00. The second-order valence-corrected chi connectivity index (χ2v) is 6.40. The van der Waals surface area contributed by atoms with Crippen LogP contribution in [-0.4, -0.2) is 25.0 Å². The first-order valence-electron chi connectivity index (χ1n) is 8.47. The Balaban J connectivity index is 1.74. The third-order valence-electron chi connectivity index (χ3n) is 4.06. The van der Waals surface area contributed by atoms with Gasteiger partial charge in [0.05, 0.1) is 29.4 Å². The Morgan fingerprint density at radius 2 is 2.07 bits per heavy atom. The average molecular weight is 417 g/mol. The monoisotopic (exact) mass is 416 g/mol. The molecule has 0 saturated carbocycles. The maximum atomic E-state index is 14.8. The van der Waals surface area contributed by atoms with E-state index in [2.05, 4.69) is 30.4 Å². The molecule has 30 heavy (non-hydrogen) atoms. The van der Waals surface area contributed by atoms with Gasteiger partial charge in [-0.05, 0) is 42.0 Å². The molecule has 0 bridgehead atoms. The van der Waals surface area contributed by atoms with Gasteiger partial charge in [0.2, 0.25) is 5.95 Å². The Kier molecular flexibility index (Phi) is 5.04. The summed E-state index contributed by atoms with van der Waals surface area (Å²) < 4.78 is 16.0. The molecule has 0 amide bonds. The molecule has 8 nitrogen and oxygen atoms in total. The summed E-state index contributed by atoms with van der Waals surface area (Å²) in [6.45, 7) is 6.78. The number of nitrogens with zero attached hydrogens (tertiary/aromatic N) is 7. The Hall–Kier alpha value is -4.34. The fourth-order valence-electron chi connectivity index (χ4n) is 2.70. The highest BCUT2D eigenvalue weighted by Crippen LogP contribution is 2.28. The summed E-state index contributed by atoms with van der Waals surface area (Å²) in [4.78, 5) is 11.6. The summed E-state index contributed by atoms with van der Waals surface area (Å²) in [5.41, 5.74) is 2.24. The maximum Gasteiger partial charge on any atom is 0.229 e. The predicted octanol–water partition coefficient (Wildman–Crippen LogP) is 4.51. The van der Waals surface area contributed by atoms with Crippen molar-refractivity contribution in [2.24, 2.45) is 0 Å². The molecule has 0 aliphatic rings. The first-order valence-corrected chi connectivity index (χ1v) is 8.85. The number of anilines is 2. The van der Waals surface area contributed by atoms with E-state index in [4.69, 9.17) is 23.4 Å². The van der Waals surface area contributed by atoms with Gasteiger partial charge in [0.1, 0.15) is 5.69 Å². The van der Waals surface area contributed by atoms with Crippen LogP contribution in [0.5, 0.6) is 0 Å². The van der Waals surface area contributed by atoms with Crippen molar-refractivity contribution in [3.05, 3.63) is 82.2 Å². The fraction of sp³-hybridized carbons (Fsp3) is 0. The molecular formula is C20H10ClFN8. The van der Waals surface area contributed by atoms with E-state index in [9.17, 15) is 4.39 Å². The van der Waals surface area contributed by atoms with Crippen molar-refractivity contribution in [1.82, 2.24) is 25.0 Å². The van der Waals surface area contributed by atoms with E-state index >= 15 is 0 Å². The second kappa shape index (κ2) is 7.95. The van der Waals surface area contributed by atoms with E-state index in [1.165, 1.54) is 35.3 Å². The Morgan fingerprint density at radius 1 is 1.27 bits per heavy atom.